The molecule has 0 atom stereocenters. The summed E-state index contributed by atoms with van der Waals surface area (Å²) in [6.45, 7) is 7.18. The van der Waals surface area contributed by atoms with Gasteiger partial charge < -0.3 is 28.6 Å². The molecule has 1 aromatic heterocycles. The van der Waals surface area contributed by atoms with E-state index in [2.05, 4.69) is 18.7 Å². The van der Waals surface area contributed by atoms with Gasteiger partial charge in [-0.3, -0.25) is 9.69 Å². The zero-order chi connectivity index (χ0) is 26.9. The lowest BCUT2D eigenvalue weighted by atomic mass is 10.1. The van der Waals surface area contributed by atoms with Crippen LogP contribution in [0.15, 0.2) is 30.3 Å². The predicted octanol–water partition coefficient (Wildman–Crippen LogP) is 4.73. The number of benzene rings is 2. The Morgan fingerprint density at radius 3 is 2.00 bits per heavy atom. The van der Waals surface area contributed by atoms with Gasteiger partial charge in [0.1, 0.15) is 21.7 Å². The van der Waals surface area contributed by atoms with Gasteiger partial charge in [0.15, 0.2) is 16.6 Å². The minimum Gasteiger partial charge on any atom is -0.495 e. The van der Waals surface area contributed by atoms with Gasteiger partial charge in [-0.2, -0.15) is 0 Å². The fraction of sp³-hybridized carbons (Fsp3) is 0.407. The minimum atomic E-state index is -0.196. The Labute approximate surface area is 222 Å². The van der Waals surface area contributed by atoms with Crippen molar-refractivity contribution < 1.29 is 28.5 Å². The van der Waals surface area contributed by atoms with Crippen molar-refractivity contribution in [2.75, 3.05) is 66.6 Å². The highest BCUT2D eigenvalue weighted by molar-refractivity contribution is 7.22. The average Bonchev–Trinajstić information content (AvgIpc) is 3.38. The number of carbonyl (C=O) groups excluding carboxylic acids is 1. The van der Waals surface area contributed by atoms with E-state index in [9.17, 15) is 4.79 Å². The third-order valence-corrected chi connectivity index (χ3v) is 7.13. The van der Waals surface area contributed by atoms with E-state index in [0.717, 1.165) is 23.4 Å². The lowest BCUT2D eigenvalue weighted by molar-refractivity contribution is -0.114. The van der Waals surface area contributed by atoms with Crippen molar-refractivity contribution >= 4 is 38.7 Å². The summed E-state index contributed by atoms with van der Waals surface area (Å²) in [5.74, 6) is 2.63. The van der Waals surface area contributed by atoms with Crippen molar-refractivity contribution in [3.8, 4) is 28.7 Å². The van der Waals surface area contributed by atoms with Crippen molar-refractivity contribution in [2.24, 2.45) is 0 Å². The van der Waals surface area contributed by atoms with Crippen LogP contribution in [-0.4, -0.2) is 77.5 Å². The Hall–Kier alpha value is -3.50. The SMILES string of the molecule is CCN(CC)CCN(C(=O)C=Cc1cc(OC)c(OC)c(OC)c1)c1nc2c(OC)ccc(OC)c2s1. The van der Waals surface area contributed by atoms with Gasteiger partial charge in [-0.15, -0.1) is 0 Å². The van der Waals surface area contributed by atoms with Gasteiger partial charge in [0.2, 0.25) is 5.75 Å². The van der Waals surface area contributed by atoms with E-state index < -0.39 is 0 Å². The number of nitrogens with zero attached hydrogens (tertiary/aromatic N) is 3. The molecule has 1 heterocycles. The second-order valence-corrected chi connectivity index (χ2v) is 8.93. The van der Waals surface area contributed by atoms with Crippen LogP contribution in [0.3, 0.4) is 0 Å². The summed E-state index contributed by atoms with van der Waals surface area (Å²) in [6.07, 6.45) is 3.26. The first-order valence-electron chi connectivity index (χ1n) is 12.0. The van der Waals surface area contributed by atoms with Crippen LogP contribution in [-0.2, 0) is 4.79 Å². The molecule has 1 amide bonds. The molecule has 0 aliphatic rings. The second-order valence-electron chi connectivity index (χ2n) is 7.95. The van der Waals surface area contributed by atoms with E-state index in [-0.39, 0.29) is 5.91 Å². The molecular weight excluding hydrogens is 494 g/mol. The van der Waals surface area contributed by atoms with Crippen LogP contribution in [0.5, 0.6) is 28.7 Å². The molecule has 0 bridgehead atoms. The Kier molecular flexibility index (Phi) is 9.99. The van der Waals surface area contributed by atoms with Gasteiger partial charge in [-0.1, -0.05) is 25.2 Å². The average molecular weight is 530 g/mol. The molecule has 0 spiro atoms. The van der Waals surface area contributed by atoms with Crippen molar-refractivity contribution in [1.29, 1.82) is 0 Å². The molecule has 0 fully saturated rings. The van der Waals surface area contributed by atoms with Crippen LogP contribution in [0.2, 0.25) is 0 Å². The van der Waals surface area contributed by atoms with Crippen LogP contribution < -0.4 is 28.6 Å². The Balaban J connectivity index is 2.00. The summed E-state index contributed by atoms with van der Waals surface area (Å²) in [6, 6.07) is 7.24. The molecule has 0 saturated carbocycles. The van der Waals surface area contributed by atoms with Gasteiger partial charge in [0.25, 0.3) is 5.91 Å². The topological polar surface area (TPSA) is 82.6 Å². The molecule has 0 N–H and O–H groups in total. The zero-order valence-electron chi connectivity index (χ0n) is 22.5. The Bertz CT molecular complexity index is 1170. The molecule has 3 aromatic rings. The van der Waals surface area contributed by atoms with Crippen molar-refractivity contribution in [3.05, 3.63) is 35.9 Å². The molecule has 9 nitrogen and oxygen atoms in total. The Morgan fingerprint density at radius 2 is 1.46 bits per heavy atom. The minimum absolute atomic E-state index is 0.196. The molecule has 37 heavy (non-hydrogen) atoms. The van der Waals surface area contributed by atoms with Crippen molar-refractivity contribution in [1.82, 2.24) is 9.88 Å². The maximum atomic E-state index is 13.6. The monoisotopic (exact) mass is 529 g/mol. The number of carbonyl (C=O) groups is 1. The van der Waals surface area contributed by atoms with Gasteiger partial charge in [0, 0.05) is 19.2 Å². The molecule has 200 valence electrons. The molecule has 0 aliphatic heterocycles. The van der Waals surface area contributed by atoms with E-state index in [4.69, 9.17) is 28.7 Å². The molecule has 10 heteroatoms. The van der Waals surface area contributed by atoms with Crippen LogP contribution in [0.25, 0.3) is 16.3 Å². The number of amides is 1. The largest absolute Gasteiger partial charge is 0.495 e. The number of hydrogen-bond acceptors (Lipinski definition) is 9. The number of anilines is 1. The number of hydrogen-bond donors (Lipinski definition) is 0. The molecule has 3 rings (SSSR count). The predicted molar refractivity (Wildman–Crippen MR) is 148 cm³/mol. The standard InChI is InChI=1S/C27H35N3O6S/c1-8-29(9-2)14-15-30(27-28-24-19(32-3)11-12-20(33-4)26(24)37-27)23(31)13-10-18-16-21(34-5)25(36-7)22(17-18)35-6/h10-13,16-17H,8-9,14-15H2,1-7H3. The fourth-order valence-electron chi connectivity index (χ4n) is 3.93. The van der Waals surface area contributed by atoms with Crippen LogP contribution in [0, 0.1) is 0 Å². The highest BCUT2D eigenvalue weighted by Gasteiger charge is 2.22. The third-order valence-electron chi connectivity index (χ3n) is 6.04. The highest BCUT2D eigenvalue weighted by Crippen LogP contribution is 2.41. The lowest BCUT2D eigenvalue weighted by Gasteiger charge is -2.23. The summed E-state index contributed by atoms with van der Waals surface area (Å²) in [4.78, 5) is 22.3. The quantitative estimate of drug-likeness (QED) is 0.294. The maximum Gasteiger partial charge on any atom is 0.252 e. The summed E-state index contributed by atoms with van der Waals surface area (Å²) >= 11 is 1.40. The number of rotatable bonds is 13. The van der Waals surface area contributed by atoms with Gasteiger partial charge in [-0.25, -0.2) is 4.98 Å². The molecule has 0 saturated heterocycles. The highest BCUT2D eigenvalue weighted by atomic mass is 32.1. The number of thiazole rings is 1. The van der Waals surface area contributed by atoms with Crippen LogP contribution in [0.4, 0.5) is 5.13 Å². The number of likely N-dealkylation sites (N-methyl/N-ethyl adjacent to an activating group) is 1. The number of aromatic nitrogens is 1. The van der Waals surface area contributed by atoms with E-state index in [1.165, 1.54) is 17.4 Å². The first-order valence-corrected chi connectivity index (χ1v) is 12.8. The van der Waals surface area contributed by atoms with E-state index in [1.54, 1.807) is 58.7 Å². The smallest absolute Gasteiger partial charge is 0.252 e. The molecule has 0 aliphatic carbocycles. The molecule has 0 unspecified atom stereocenters. The van der Waals surface area contributed by atoms with Crippen molar-refractivity contribution in [3.63, 3.8) is 0 Å². The number of fused-ring (bicyclic) bond motifs is 1. The Morgan fingerprint density at radius 1 is 0.865 bits per heavy atom. The summed E-state index contributed by atoms with van der Waals surface area (Å²) < 4.78 is 28.1. The van der Waals surface area contributed by atoms with Crippen LogP contribution in [0.1, 0.15) is 19.4 Å². The summed E-state index contributed by atoms with van der Waals surface area (Å²) in [5, 5.41) is 0.574. The summed E-state index contributed by atoms with van der Waals surface area (Å²) in [5.41, 5.74) is 1.40. The number of ether oxygens (including phenoxy) is 5. The normalized spacial score (nSPS) is 11.2. The lowest BCUT2D eigenvalue weighted by Crippen LogP contribution is -2.38. The van der Waals surface area contributed by atoms with Crippen molar-refractivity contribution in [2.45, 2.75) is 13.8 Å². The van der Waals surface area contributed by atoms with E-state index in [1.807, 2.05) is 12.1 Å². The van der Waals surface area contributed by atoms with Gasteiger partial charge >= 0.3 is 0 Å². The molecular formula is C27H35N3O6S. The fourth-order valence-corrected chi connectivity index (χ4v) is 5.03. The van der Waals surface area contributed by atoms with E-state index >= 15 is 0 Å². The molecule has 0 radical (unpaired) electrons. The van der Waals surface area contributed by atoms with Gasteiger partial charge in [-0.05, 0) is 49.0 Å². The zero-order valence-corrected chi connectivity index (χ0v) is 23.3. The van der Waals surface area contributed by atoms with E-state index in [0.29, 0.717) is 52.5 Å². The first kappa shape index (κ1) is 28.1. The first-order chi connectivity index (χ1) is 17.9. The second kappa shape index (κ2) is 13.2. The summed E-state index contributed by atoms with van der Waals surface area (Å²) in [7, 11) is 7.88. The maximum absolute atomic E-state index is 13.6. The van der Waals surface area contributed by atoms with Gasteiger partial charge in [0.05, 0.1) is 35.5 Å². The molecule has 2 aromatic carbocycles. The van der Waals surface area contributed by atoms with Crippen LogP contribution >= 0.6 is 11.3 Å². The third kappa shape index (κ3) is 6.26. The number of methoxy groups -OCH3 is 5.